The van der Waals surface area contributed by atoms with E-state index in [1.54, 1.807) is 31.3 Å². The van der Waals surface area contributed by atoms with Gasteiger partial charge in [-0.3, -0.25) is 14.4 Å². The number of rotatable bonds is 8. The highest BCUT2D eigenvalue weighted by molar-refractivity contribution is 6.30. The summed E-state index contributed by atoms with van der Waals surface area (Å²) in [7, 11) is 2.99. The highest BCUT2D eigenvalue weighted by Crippen LogP contribution is 2.12. The zero-order chi connectivity index (χ0) is 19.0. The Morgan fingerprint density at radius 1 is 1.20 bits per heavy atom. The minimum absolute atomic E-state index is 0.0770. The molecule has 7 heteroatoms. The molecule has 1 N–H and O–H groups in total. The number of amides is 2. The Labute approximate surface area is 153 Å². The third-order valence-corrected chi connectivity index (χ3v) is 4.06. The van der Waals surface area contributed by atoms with Crippen LogP contribution in [0.1, 0.15) is 37.0 Å². The van der Waals surface area contributed by atoms with Crippen molar-refractivity contribution in [3.63, 3.8) is 0 Å². The lowest BCUT2D eigenvalue weighted by Crippen LogP contribution is -2.50. The number of methoxy groups -OCH3 is 1. The van der Waals surface area contributed by atoms with E-state index in [1.165, 1.54) is 12.0 Å². The summed E-state index contributed by atoms with van der Waals surface area (Å²) >= 11 is 5.82. The molecule has 1 unspecified atom stereocenters. The van der Waals surface area contributed by atoms with Crippen LogP contribution in [0.3, 0.4) is 0 Å². The molecule has 1 aromatic carbocycles. The van der Waals surface area contributed by atoms with Crippen LogP contribution >= 0.6 is 11.6 Å². The van der Waals surface area contributed by atoms with Crippen molar-refractivity contribution in [2.24, 2.45) is 5.92 Å². The van der Waals surface area contributed by atoms with Gasteiger partial charge in [0, 0.05) is 30.6 Å². The first-order valence-corrected chi connectivity index (χ1v) is 8.52. The monoisotopic (exact) mass is 368 g/mol. The van der Waals surface area contributed by atoms with Crippen molar-refractivity contribution in [2.45, 2.75) is 32.7 Å². The third-order valence-electron chi connectivity index (χ3n) is 3.80. The van der Waals surface area contributed by atoms with Crippen LogP contribution in [0.15, 0.2) is 24.3 Å². The van der Waals surface area contributed by atoms with Crippen LogP contribution in [0.5, 0.6) is 0 Å². The fraction of sp³-hybridized carbons (Fsp3) is 0.500. The number of halogens is 1. The predicted octanol–water partition coefficient (Wildman–Crippen LogP) is 2.51. The van der Waals surface area contributed by atoms with Gasteiger partial charge in [-0.25, -0.2) is 0 Å². The maximum Gasteiger partial charge on any atom is 0.305 e. The van der Waals surface area contributed by atoms with Gasteiger partial charge < -0.3 is 15.0 Å². The molecule has 0 bridgehead atoms. The molecule has 0 radical (unpaired) electrons. The lowest BCUT2D eigenvalue weighted by Gasteiger charge is -2.27. The Balaban J connectivity index is 2.68. The van der Waals surface area contributed by atoms with Crippen molar-refractivity contribution in [3.8, 4) is 0 Å². The van der Waals surface area contributed by atoms with E-state index >= 15 is 0 Å². The van der Waals surface area contributed by atoms with Crippen LogP contribution in [0.25, 0.3) is 0 Å². The van der Waals surface area contributed by atoms with E-state index in [0.29, 0.717) is 23.6 Å². The van der Waals surface area contributed by atoms with E-state index < -0.39 is 6.04 Å². The summed E-state index contributed by atoms with van der Waals surface area (Å²) in [5.74, 6) is -0.905. The van der Waals surface area contributed by atoms with Crippen LogP contribution in [-0.2, 0) is 14.3 Å². The number of ether oxygens (including phenoxy) is 1. The Bertz CT molecular complexity index is 602. The summed E-state index contributed by atoms with van der Waals surface area (Å²) in [6.07, 6.45) is 0.752. The zero-order valence-electron chi connectivity index (χ0n) is 15.0. The zero-order valence-corrected chi connectivity index (χ0v) is 15.8. The van der Waals surface area contributed by atoms with Crippen molar-refractivity contribution < 1.29 is 19.1 Å². The van der Waals surface area contributed by atoms with Gasteiger partial charge in [-0.15, -0.1) is 0 Å². The summed E-state index contributed by atoms with van der Waals surface area (Å²) in [5, 5.41) is 3.32. The summed E-state index contributed by atoms with van der Waals surface area (Å²) in [4.78, 5) is 37.6. The number of likely N-dealkylation sites (N-methyl/N-ethyl adjacent to an activating group) is 1. The minimum Gasteiger partial charge on any atom is -0.469 e. The lowest BCUT2D eigenvalue weighted by atomic mass is 10.0. The van der Waals surface area contributed by atoms with E-state index in [0.717, 1.165) is 0 Å². The van der Waals surface area contributed by atoms with Crippen molar-refractivity contribution >= 4 is 29.4 Å². The van der Waals surface area contributed by atoms with Gasteiger partial charge in [0.1, 0.15) is 6.04 Å². The first-order valence-electron chi connectivity index (χ1n) is 8.14. The van der Waals surface area contributed by atoms with Crippen molar-refractivity contribution in [1.82, 2.24) is 10.2 Å². The average molecular weight is 369 g/mol. The van der Waals surface area contributed by atoms with E-state index in [1.807, 2.05) is 13.8 Å². The van der Waals surface area contributed by atoms with Gasteiger partial charge in [0.15, 0.2) is 0 Å². The summed E-state index contributed by atoms with van der Waals surface area (Å²) in [5.41, 5.74) is 0.441. The molecular weight excluding hydrogens is 344 g/mol. The van der Waals surface area contributed by atoms with Gasteiger partial charge >= 0.3 is 5.97 Å². The molecule has 0 aliphatic heterocycles. The number of esters is 1. The van der Waals surface area contributed by atoms with Crippen molar-refractivity contribution in [1.29, 1.82) is 0 Å². The molecule has 0 heterocycles. The Kier molecular flexibility index (Phi) is 8.41. The fourth-order valence-electron chi connectivity index (χ4n) is 2.25. The van der Waals surface area contributed by atoms with E-state index in [4.69, 9.17) is 11.6 Å². The van der Waals surface area contributed by atoms with Gasteiger partial charge in [0.25, 0.3) is 5.91 Å². The van der Waals surface area contributed by atoms with Gasteiger partial charge in [-0.1, -0.05) is 25.4 Å². The summed E-state index contributed by atoms with van der Waals surface area (Å²) in [6, 6.07) is 5.83. The topological polar surface area (TPSA) is 75.7 Å². The van der Waals surface area contributed by atoms with E-state index in [-0.39, 0.29) is 30.1 Å². The Morgan fingerprint density at radius 3 is 2.32 bits per heavy atom. The quantitative estimate of drug-likeness (QED) is 0.715. The maximum absolute atomic E-state index is 12.6. The van der Waals surface area contributed by atoms with E-state index in [9.17, 15) is 14.4 Å². The molecule has 0 saturated carbocycles. The number of hydrogen-bond donors (Lipinski definition) is 1. The highest BCUT2D eigenvalue weighted by Gasteiger charge is 2.27. The van der Waals surface area contributed by atoms with Gasteiger partial charge in [-0.05, 0) is 36.6 Å². The van der Waals surface area contributed by atoms with Crippen LogP contribution in [-0.4, -0.2) is 49.4 Å². The minimum atomic E-state index is -0.647. The smallest absolute Gasteiger partial charge is 0.305 e. The predicted molar refractivity (Wildman–Crippen MR) is 96.4 cm³/mol. The molecular formula is C18H25ClN2O4. The van der Waals surface area contributed by atoms with Crippen molar-refractivity contribution in [2.75, 3.05) is 20.7 Å². The number of hydrogen-bond acceptors (Lipinski definition) is 4. The number of nitrogens with zero attached hydrogens (tertiary/aromatic N) is 1. The molecule has 0 aromatic heterocycles. The molecule has 0 fully saturated rings. The molecule has 6 nitrogen and oxygen atoms in total. The van der Waals surface area contributed by atoms with Crippen LogP contribution < -0.4 is 5.32 Å². The molecule has 1 aromatic rings. The first kappa shape index (κ1) is 21.0. The van der Waals surface area contributed by atoms with E-state index in [2.05, 4.69) is 10.1 Å². The standard InChI is InChI=1S/C18H25ClN2O4/c1-12(2)16(18(24)21(3)11-5-6-15(22)25-4)20-17(23)13-7-9-14(19)10-8-13/h7-10,12,16H,5-6,11H2,1-4H3,(H,20,23). The second kappa shape index (κ2) is 10.0. The molecule has 2 amide bonds. The molecule has 0 aliphatic carbocycles. The molecule has 0 aliphatic rings. The van der Waals surface area contributed by atoms with Crippen LogP contribution in [0.2, 0.25) is 5.02 Å². The highest BCUT2D eigenvalue weighted by atomic mass is 35.5. The number of benzene rings is 1. The summed E-state index contributed by atoms with van der Waals surface area (Å²) in [6.45, 7) is 4.15. The van der Waals surface area contributed by atoms with Gasteiger partial charge in [0.2, 0.25) is 5.91 Å². The maximum atomic E-state index is 12.6. The Hall–Kier alpha value is -2.08. The molecule has 0 saturated heterocycles. The first-order chi connectivity index (χ1) is 11.8. The molecule has 25 heavy (non-hydrogen) atoms. The third kappa shape index (κ3) is 6.74. The number of nitrogens with one attached hydrogen (secondary N) is 1. The van der Waals surface area contributed by atoms with Gasteiger partial charge in [-0.2, -0.15) is 0 Å². The van der Waals surface area contributed by atoms with Crippen LogP contribution in [0.4, 0.5) is 0 Å². The van der Waals surface area contributed by atoms with Crippen molar-refractivity contribution in [3.05, 3.63) is 34.9 Å². The normalized spacial score (nSPS) is 11.8. The molecule has 0 spiro atoms. The molecule has 1 atom stereocenters. The van der Waals surface area contributed by atoms with Gasteiger partial charge in [0.05, 0.1) is 7.11 Å². The lowest BCUT2D eigenvalue weighted by molar-refractivity contribution is -0.141. The largest absolute Gasteiger partial charge is 0.469 e. The van der Waals surface area contributed by atoms with Crippen LogP contribution in [0, 0.1) is 5.92 Å². The summed E-state index contributed by atoms with van der Waals surface area (Å²) < 4.78 is 4.58. The number of carbonyl (C=O) groups excluding carboxylic acids is 3. The SMILES string of the molecule is COC(=O)CCCN(C)C(=O)C(NC(=O)c1ccc(Cl)cc1)C(C)C. The molecule has 1 rings (SSSR count). The number of carbonyl (C=O) groups is 3. The molecule has 138 valence electrons. The fourth-order valence-corrected chi connectivity index (χ4v) is 2.38. The average Bonchev–Trinajstić information content (AvgIpc) is 2.58. The second-order valence-corrected chi connectivity index (χ2v) is 6.58. The Morgan fingerprint density at radius 2 is 1.80 bits per heavy atom. The second-order valence-electron chi connectivity index (χ2n) is 6.14.